The summed E-state index contributed by atoms with van der Waals surface area (Å²) in [7, 11) is 4.10. The van der Waals surface area contributed by atoms with Gasteiger partial charge in [0.25, 0.3) is 0 Å². The molecule has 0 heterocycles. The zero-order chi connectivity index (χ0) is 8.69. The van der Waals surface area contributed by atoms with Crippen LogP contribution in [0.2, 0.25) is 0 Å². The summed E-state index contributed by atoms with van der Waals surface area (Å²) in [6.07, 6.45) is 1.11. The Hall–Kier alpha value is -0.660. The molecule has 0 spiro atoms. The molecule has 0 rings (SSSR count). The summed E-state index contributed by atoms with van der Waals surface area (Å²) < 4.78 is 0. The topological polar surface area (TPSA) is 39.5 Å². The minimum atomic E-state index is 0.572. The summed E-state index contributed by atoms with van der Waals surface area (Å²) in [5.74, 6) is 0.572. The van der Waals surface area contributed by atoms with Gasteiger partial charge in [-0.3, -0.25) is 0 Å². The Labute approximate surface area is 68.6 Å². The molecule has 0 aliphatic heterocycles. The fourth-order valence-corrected chi connectivity index (χ4v) is 1.01. The van der Waals surface area contributed by atoms with Gasteiger partial charge in [0.05, 0.1) is 12.6 Å². The van der Waals surface area contributed by atoms with Crippen LogP contribution in [-0.4, -0.2) is 38.1 Å². The number of rotatable bonds is 5. The van der Waals surface area contributed by atoms with Crippen LogP contribution in [0.4, 0.5) is 0 Å². The Bertz CT molecular complexity index is 136. The number of aliphatic imine (C=N–C) groups is 1. The maximum absolute atomic E-state index is 6.62. The third-order valence-corrected chi connectivity index (χ3v) is 1.63. The molecule has 0 amide bonds. The van der Waals surface area contributed by atoms with Crippen molar-refractivity contribution in [3.8, 4) is 0 Å². The lowest BCUT2D eigenvalue weighted by atomic mass is 10.1. The summed E-state index contributed by atoms with van der Waals surface area (Å²) >= 11 is 0. The van der Waals surface area contributed by atoms with Crippen molar-refractivity contribution < 1.29 is 0 Å². The standard InChI is InChI=1S/C8H17N3/c1-4-8(5-10-7-9)6-11(2)3/h8-9H,4-6H2,1-3H3. The summed E-state index contributed by atoms with van der Waals surface area (Å²) in [6.45, 7) is 3.92. The average molecular weight is 155 g/mol. The molecule has 0 fully saturated rings. The maximum Gasteiger partial charge on any atom is 0.0862 e. The van der Waals surface area contributed by atoms with Crippen LogP contribution in [0.5, 0.6) is 0 Å². The Balaban J connectivity index is 3.66. The third-order valence-electron chi connectivity index (χ3n) is 1.63. The van der Waals surface area contributed by atoms with E-state index in [-0.39, 0.29) is 0 Å². The van der Waals surface area contributed by atoms with E-state index in [1.165, 1.54) is 0 Å². The largest absolute Gasteiger partial charge is 0.309 e. The summed E-state index contributed by atoms with van der Waals surface area (Å²) in [6, 6.07) is 2.06. The van der Waals surface area contributed by atoms with Gasteiger partial charge >= 0.3 is 0 Å². The highest BCUT2D eigenvalue weighted by Crippen LogP contribution is 2.03. The zero-order valence-electron chi connectivity index (χ0n) is 7.59. The van der Waals surface area contributed by atoms with E-state index in [0.717, 1.165) is 19.5 Å². The number of hydrogen-bond donors (Lipinski definition) is 1. The molecule has 0 aromatic carbocycles. The predicted octanol–water partition coefficient (Wildman–Crippen LogP) is 1.33. The van der Waals surface area contributed by atoms with Gasteiger partial charge < -0.3 is 4.90 Å². The quantitative estimate of drug-likeness (QED) is 0.598. The predicted molar refractivity (Wildman–Crippen MR) is 47.4 cm³/mol. The second-order valence-corrected chi connectivity index (χ2v) is 2.99. The van der Waals surface area contributed by atoms with Gasteiger partial charge in [-0.25, -0.2) is 10.4 Å². The first-order valence-corrected chi connectivity index (χ1v) is 3.93. The maximum atomic E-state index is 6.62. The van der Waals surface area contributed by atoms with E-state index in [4.69, 9.17) is 5.41 Å². The van der Waals surface area contributed by atoms with Gasteiger partial charge in [0.1, 0.15) is 0 Å². The molecular formula is C8H17N3. The first kappa shape index (κ1) is 10.3. The SMILES string of the molecule is CCC(CN=C=N)CN(C)C. The molecule has 0 aromatic rings. The van der Waals surface area contributed by atoms with Crippen LogP contribution < -0.4 is 0 Å². The van der Waals surface area contributed by atoms with Crippen LogP contribution in [-0.2, 0) is 0 Å². The van der Waals surface area contributed by atoms with Gasteiger partial charge in [-0.15, -0.1) is 0 Å². The molecule has 3 nitrogen and oxygen atoms in total. The van der Waals surface area contributed by atoms with Crippen LogP contribution in [0.3, 0.4) is 0 Å². The molecule has 1 atom stereocenters. The first-order chi connectivity index (χ1) is 5.20. The van der Waals surface area contributed by atoms with Gasteiger partial charge in [-0.1, -0.05) is 13.3 Å². The highest BCUT2D eigenvalue weighted by Gasteiger charge is 2.05. The van der Waals surface area contributed by atoms with E-state index in [1.807, 2.05) is 0 Å². The number of hydrogen-bond acceptors (Lipinski definition) is 3. The van der Waals surface area contributed by atoms with Crippen molar-refractivity contribution in [2.75, 3.05) is 27.2 Å². The fourth-order valence-electron chi connectivity index (χ4n) is 1.01. The van der Waals surface area contributed by atoms with Gasteiger partial charge in [0.2, 0.25) is 0 Å². The van der Waals surface area contributed by atoms with Gasteiger partial charge in [0.15, 0.2) is 0 Å². The van der Waals surface area contributed by atoms with Crippen molar-refractivity contribution in [3.63, 3.8) is 0 Å². The van der Waals surface area contributed by atoms with Crippen molar-refractivity contribution in [3.05, 3.63) is 0 Å². The second-order valence-electron chi connectivity index (χ2n) is 2.99. The van der Waals surface area contributed by atoms with Crippen molar-refractivity contribution in [1.29, 1.82) is 5.41 Å². The lowest BCUT2D eigenvalue weighted by molar-refractivity contribution is 0.323. The number of nitrogens with zero attached hydrogens (tertiary/aromatic N) is 2. The average Bonchev–Trinajstić information content (AvgIpc) is 1.97. The van der Waals surface area contributed by atoms with E-state index in [0.29, 0.717) is 5.92 Å². The molecule has 3 heteroatoms. The van der Waals surface area contributed by atoms with Gasteiger partial charge in [0, 0.05) is 6.54 Å². The highest BCUT2D eigenvalue weighted by molar-refractivity contribution is 5.35. The normalized spacial score (nSPS) is 12.7. The Morgan fingerprint density at radius 2 is 2.18 bits per heavy atom. The second kappa shape index (κ2) is 6.08. The van der Waals surface area contributed by atoms with E-state index < -0.39 is 0 Å². The minimum absolute atomic E-state index is 0.572. The molecule has 0 radical (unpaired) electrons. The van der Waals surface area contributed by atoms with Crippen molar-refractivity contribution in [2.45, 2.75) is 13.3 Å². The third kappa shape index (κ3) is 5.77. The summed E-state index contributed by atoms with van der Waals surface area (Å²) in [5.41, 5.74) is 0. The lowest BCUT2D eigenvalue weighted by Crippen LogP contribution is -2.23. The van der Waals surface area contributed by atoms with E-state index in [2.05, 4.69) is 36.9 Å². The fraction of sp³-hybridized carbons (Fsp3) is 0.875. The molecule has 64 valence electrons. The molecule has 0 bridgehead atoms. The minimum Gasteiger partial charge on any atom is -0.309 e. The molecule has 1 unspecified atom stereocenters. The summed E-state index contributed by atoms with van der Waals surface area (Å²) in [4.78, 5) is 5.93. The summed E-state index contributed by atoms with van der Waals surface area (Å²) in [5, 5.41) is 6.62. The van der Waals surface area contributed by atoms with Crippen LogP contribution in [0.1, 0.15) is 13.3 Å². The van der Waals surface area contributed by atoms with E-state index in [9.17, 15) is 0 Å². The van der Waals surface area contributed by atoms with Crippen molar-refractivity contribution >= 4 is 6.01 Å². The number of nitrogens with one attached hydrogen (secondary N) is 1. The molecular weight excluding hydrogens is 138 g/mol. The molecule has 0 aliphatic carbocycles. The highest BCUT2D eigenvalue weighted by atomic mass is 15.1. The van der Waals surface area contributed by atoms with Crippen LogP contribution in [0, 0.1) is 11.3 Å². The monoisotopic (exact) mass is 155 g/mol. The Morgan fingerprint density at radius 3 is 2.55 bits per heavy atom. The van der Waals surface area contributed by atoms with Crippen LogP contribution in [0.25, 0.3) is 0 Å². The first-order valence-electron chi connectivity index (χ1n) is 3.93. The molecule has 0 saturated carbocycles. The van der Waals surface area contributed by atoms with E-state index >= 15 is 0 Å². The Kier molecular flexibility index (Phi) is 5.71. The van der Waals surface area contributed by atoms with Crippen LogP contribution in [0.15, 0.2) is 4.99 Å². The zero-order valence-corrected chi connectivity index (χ0v) is 7.59. The molecule has 11 heavy (non-hydrogen) atoms. The molecule has 0 aliphatic rings. The van der Waals surface area contributed by atoms with Gasteiger partial charge in [-0.2, -0.15) is 0 Å². The van der Waals surface area contributed by atoms with Crippen molar-refractivity contribution in [2.24, 2.45) is 10.9 Å². The van der Waals surface area contributed by atoms with E-state index in [1.54, 1.807) is 0 Å². The lowest BCUT2D eigenvalue weighted by Gasteiger charge is -2.16. The Morgan fingerprint density at radius 1 is 1.55 bits per heavy atom. The molecule has 1 N–H and O–H groups in total. The molecule has 0 saturated heterocycles. The smallest absolute Gasteiger partial charge is 0.0862 e. The molecule has 0 aromatic heterocycles. The van der Waals surface area contributed by atoms with Crippen molar-refractivity contribution in [1.82, 2.24) is 4.90 Å². The van der Waals surface area contributed by atoms with Crippen LogP contribution >= 0.6 is 0 Å². The van der Waals surface area contributed by atoms with Gasteiger partial charge in [-0.05, 0) is 20.0 Å².